The lowest BCUT2D eigenvalue weighted by Gasteiger charge is -2.49. The number of nitrogens with one attached hydrogen (secondary N) is 1. The van der Waals surface area contributed by atoms with Crippen molar-refractivity contribution in [1.82, 2.24) is 39.7 Å². The van der Waals surface area contributed by atoms with Crippen LogP contribution in [0.1, 0.15) is 25.1 Å². The first-order chi connectivity index (χ1) is 14.7. The molecule has 4 aromatic rings. The molecule has 9 heteroatoms. The van der Waals surface area contributed by atoms with E-state index in [2.05, 4.69) is 47.1 Å². The summed E-state index contributed by atoms with van der Waals surface area (Å²) in [6.07, 6.45) is 7.73. The molecule has 0 aliphatic carbocycles. The van der Waals surface area contributed by atoms with Gasteiger partial charge in [-0.25, -0.2) is 14.5 Å². The fourth-order valence-electron chi connectivity index (χ4n) is 4.80. The van der Waals surface area contributed by atoms with Gasteiger partial charge in [-0.15, -0.1) is 10.2 Å². The number of H-pyrrole nitrogens is 1. The van der Waals surface area contributed by atoms with Gasteiger partial charge in [0.1, 0.15) is 5.82 Å². The second kappa shape index (κ2) is 6.60. The van der Waals surface area contributed by atoms with E-state index in [1.165, 1.54) is 25.8 Å². The van der Waals surface area contributed by atoms with E-state index in [0.29, 0.717) is 12.0 Å². The van der Waals surface area contributed by atoms with E-state index in [0.717, 1.165) is 40.2 Å². The summed E-state index contributed by atoms with van der Waals surface area (Å²) in [5.74, 6) is 1.61. The fraction of sp³-hybridized carbons (Fsp3) is 0.381. The molecular weight excluding hydrogens is 378 g/mol. The van der Waals surface area contributed by atoms with E-state index in [1.807, 2.05) is 35.7 Å². The Hall–Kier alpha value is -3.33. The van der Waals surface area contributed by atoms with Crippen molar-refractivity contribution in [3.8, 4) is 22.6 Å². The summed E-state index contributed by atoms with van der Waals surface area (Å²) >= 11 is 0. The molecule has 2 unspecified atom stereocenters. The number of imidazole rings is 1. The SMILES string of the molecule is Cc1nc2c(-c3ccc(N(C)C4CC5CCCN54)nn3)ccc(-c3cnc[nH]3)n2n1. The van der Waals surface area contributed by atoms with Gasteiger partial charge in [-0.1, -0.05) is 0 Å². The number of rotatable bonds is 4. The van der Waals surface area contributed by atoms with Gasteiger partial charge in [0.05, 0.1) is 35.8 Å². The van der Waals surface area contributed by atoms with Crippen molar-refractivity contribution in [2.45, 2.75) is 38.4 Å². The number of aryl methyl sites for hydroxylation is 1. The van der Waals surface area contributed by atoms with E-state index >= 15 is 0 Å². The van der Waals surface area contributed by atoms with Crippen molar-refractivity contribution in [2.24, 2.45) is 0 Å². The molecular formula is C21H23N9. The van der Waals surface area contributed by atoms with Crippen LogP contribution in [0, 0.1) is 6.92 Å². The maximum absolute atomic E-state index is 4.64. The Balaban J connectivity index is 1.34. The van der Waals surface area contributed by atoms with Gasteiger partial charge in [0.15, 0.2) is 11.5 Å². The molecule has 0 bridgehead atoms. The lowest BCUT2D eigenvalue weighted by molar-refractivity contribution is 0.0550. The number of aromatic amines is 1. The van der Waals surface area contributed by atoms with Crippen LogP contribution in [-0.4, -0.2) is 65.5 Å². The number of pyridine rings is 1. The Morgan fingerprint density at radius 3 is 2.87 bits per heavy atom. The third-order valence-electron chi connectivity index (χ3n) is 6.39. The largest absolute Gasteiger partial charge is 0.343 e. The Morgan fingerprint density at radius 1 is 1.17 bits per heavy atom. The highest BCUT2D eigenvalue weighted by Gasteiger charge is 2.43. The summed E-state index contributed by atoms with van der Waals surface area (Å²) in [6, 6.07) is 8.87. The number of aromatic nitrogens is 7. The molecule has 0 aromatic carbocycles. The molecule has 1 N–H and O–H groups in total. The Bertz CT molecular complexity index is 1200. The maximum atomic E-state index is 4.64. The van der Waals surface area contributed by atoms with Crippen LogP contribution in [0.4, 0.5) is 5.82 Å². The normalized spacial score (nSPS) is 21.0. The van der Waals surface area contributed by atoms with Crippen LogP contribution in [0.3, 0.4) is 0 Å². The minimum absolute atomic E-state index is 0.442. The zero-order chi connectivity index (χ0) is 20.2. The average molecular weight is 401 g/mol. The highest BCUT2D eigenvalue weighted by Crippen LogP contribution is 2.37. The molecule has 0 saturated carbocycles. The van der Waals surface area contributed by atoms with Crippen LogP contribution in [0.2, 0.25) is 0 Å². The second-order valence-corrected chi connectivity index (χ2v) is 8.13. The van der Waals surface area contributed by atoms with Gasteiger partial charge in [-0.3, -0.25) is 4.90 Å². The second-order valence-electron chi connectivity index (χ2n) is 8.13. The molecule has 30 heavy (non-hydrogen) atoms. The molecule has 2 aliphatic heterocycles. The predicted molar refractivity (Wildman–Crippen MR) is 113 cm³/mol. The summed E-state index contributed by atoms with van der Waals surface area (Å²) in [6.45, 7) is 3.08. The lowest BCUT2D eigenvalue weighted by Crippen LogP contribution is -2.59. The molecule has 6 heterocycles. The molecule has 4 aromatic heterocycles. The van der Waals surface area contributed by atoms with Gasteiger partial charge in [0.2, 0.25) is 0 Å². The van der Waals surface area contributed by atoms with Gasteiger partial charge < -0.3 is 9.88 Å². The summed E-state index contributed by atoms with van der Waals surface area (Å²) < 4.78 is 1.84. The van der Waals surface area contributed by atoms with Crippen LogP contribution >= 0.6 is 0 Å². The van der Waals surface area contributed by atoms with Gasteiger partial charge in [0.25, 0.3) is 0 Å². The van der Waals surface area contributed by atoms with Crippen molar-refractivity contribution < 1.29 is 0 Å². The Kier molecular flexibility index (Phi) is 3.85. The summed E-state index contributed by atoms with van der Waals surface area (Å²) in [5, 5.41) is 13.6. The third-order valence-corrected chi connectivity index (χ3v) is 6.39. The van der Waals surface area contributed by atoms with Crippen LogP contribution in [0.15, 0.2) is 36.8 Å². The average Bonchev–Trinajstić information content (AvgIpc) is 3.48. The molecule has 2 aliphatic rings. The van der Waals surface area contributed by atoms with Crippen LogP contribution in [-0.2, 0) is 0 Å². The first-order valence-corrected chi connectivity index (χ1v) is 10.4. The van der Waals surface area contributed by atoms with E-state index in [1.54, 1.807) is 12.5 Å². The van der Waals surface area contributed by atoms with E-state index < -0.39 is 0 Å². The predicted octanol–water partition coefficient (Wildman–Crippen LogP) is 2.52. The topological polar surface area (TPSA) is 91.1 Å². The molecule has 0 spiro atoms. The molecule has 9 nitrogen and oxygen atoms in total. The van der Waals surface area contributed by atoms with Crippen molar-refractivity contribution in [3.05, 3.63) is 42.6 Å². The van der Waals surface area contributed by atoms with Crippen molar-refractivity contribution in [1.29, 1.82) is 0 Å². The van der Waals surface area contributed by atoms with Crippen LogP contribution in [0.25, 0.3) is 28.3 Å². The number of anilines is 1. The minimum Gasteiger partial charge on any atom is -0.343 e. The van der Waals surface area contributed by atoms with Crippen LogP contribution in [0.5, 0.6) is 0 Å². The minimum atomic E-state index is 0.442. The monoisotopic (exact) mass is 401 g/mol. The molecule has 6 rings (SSSR count). The summed E-state index contributed by atoms with van der Waals surface area (Å²) in [4.78, 5) is 16.7. The van der Waals surface area contributed by atoms with E-state index in [-0.39, 0.29) is 0 Å². The van der Waals surface area contributed by atoms with Crippen molar-refractivity contribution >= 4 is 11.5 Å². The number of hydrogen-bond donors (Lipinski definition) is 1. The molecule has 0 amide bonds. The molecule has 0 radical (unpaired) electrons. The number of fused-ring (bicyclic) bond motifs is 2. The molecule has 2 saturated heterocycles. The Labute approximate surface area is 173 Å². The smallest absolute Gasteiger partial charge is 0.165 e. The van der Waals surface area contributed by atoms with Crippen molar-refractivity contribution in [3.63, 3.8) is 0 Å². The van der Waals surface area contributed by atoms with Gasteiger partial charge in [-0.05, 0) is 50.5 Å². The summed E-state index contributed by atoms with van der Waals surface area (Å²) in [7, 11) is 2.11. The zero-order valence-electron chi connectivity index (χ0n) is 17.0. The van der Waals surface area contributed by atoms with Gasteiger partial charge in [-0.2, -0.15) is 5.10 Å². The fourth-order valence-corrected chi connectivity index (χ4v) is 4.80. The first kappa shape index (κ1) is 17.5. The van der Waals surface area contributed by atoms with E-state index in [9.17, 15) is 0 Å². The summed E-state index contributed by atoms with van der Waals surface area (Å²) in [5.41, 5.74) is 4.24. The lowest BCUT2D eigenvalue weighted by atomic mass is 9.99. The number of nitrogens with zero attached hydrogens (tertiary/aromatic N) is 8. The van der Waals surface area contributed by atoms with Gasteiger partial charge >= 0.3 is 0 Å². The van der Waals surface area contributed by atoms with Gasteiger partial charge in [0, 0.05) is 25.2 Å². The van der Waals surface area contributed by atoms with Crippen molar-refractivity contribution in [2.75, 3.05) is 18.5 Å². The van der Waals surface area contributed by atoms with Crippen LogP contribution < -0.4 is 4.90 Å². The zero-order valence-corrected chi connectivity index (χ0v) is 17.0. The maximum Gasteiger partial charge on any atom is 0.165 e. The third kappa shape index (κ3) is 2.62. The molecule has 152 valence electrons. The molecule has 2 atom stereocenters. The quantitative estimate of drug-likeness (QED) is 0.562. The first-order valence-electron chi connectivity index (χ1n) is 10.4. The standard InChI is InChI=1S/C21H23N9/c1-13-24-21-15(5-7-18(30(21)27-13)17-11-22-12-23-17)16-6-8-19(26-25-16)28(2)20-10-14-4-3-9-29(14)20/h5-8,11-12,14,20H,3-4,9-10H2,1-2H3,(H,22,23). The highest BCUT2D eigenvalue weighted by molar-refractivity contribution is 5.78. The Morgan fingerprint density at radius 2 is 2.10 bits per heavy atom. The highest BCUT2D eigenvalue weighted by atomic mass is 15.4. The molecule has 2 fully saturated rings. The van der Waals surface area contributed by atoms with E-state index in [4.69, 9.17) is 0 Å². The number of hydrogen-bond acceptors (Lipinski definition) is 7.